The third-order valence-electron chi connectivity index (χ3n) is 2.56. The minimum atomic E-state index is -3.93. The number of aromatic nitrogens is 2. The van der Waals surface area contributed by atoms with E-state index in [0.717, 1.165) is 11.3 Å². The highest BCUT2D eigenvalue weighted by Gasteiger charge is 2.21. The zero-order valence-electron chi connectivity index (χ0n) is 12.5. The predicted molar refractivity (Wildman–Crippen MR) is 84.6 cm³/mol. The molecule has 1 aromatic carbocycles. The van der Waals surface area contributed by atoms with Gasteiger partial charge in [-0.2, -0.15) is 8.42 Å². The molecule has 0 aliphatic heterocycles. The number of carbonyl (C=O) groups is 1. The molecule has 0 radical (unpaired) electrons. The van der Waals surface area contributed by atoms with Gasteiger partial charge in [0.1, 0.15) is 0 Å². The van der Waals surface area contributed by atoms with Gasteiger partial charge in [-0.3, -0.25) is 9.52 Å². The number of sulfonamides is 1. The lowest BCUT2D eigenvalue weighted by Crippen LogP contribution is -2.12. The molecule has 0 aliphatic rings. The molecule has 2 N–H and O–H groups in total. The molecule has 124 valence electrons. The quantitative estimate of drug-likeness (QED) is 0.747. The first-order valence-electron chi connectivity index (χ1n) is 6.21. The van der Waals surface area contributed by atoms with Gasteiger partial charge in [-0.1, -0.05) is 11.3 Å². The normalized spacial score (nSPS) is 10.9. The van der Waals surface area contributed by atoms with Crippen LogP contribution in [-0.4, -0.2) is 38.7 Å². The Bertz CT molecular complexity index is 819. The Morgan fingerprint density at radius 1 is 1.17 bits per heavy atom. The summed E-state index contributed by atoms with van der Waals surface area (Å²) in [7, 11) is -1.00. The van der Waals surface area contributed by atoms with Crippen LogP contribution in [0.5, 0.6) is 11.5 Å². The summed E-state index contributed by atoms with van der Waals surface area (Å²) in [6.45, 7) is 1.29. The van der Waals surface area contributed by atoms with E-state index >= 15 is 0 Å². The number of amides is 1. The molecule has 0 atom stereocenters. The van der Waals surface area contributed by atoms with Crippen molar-refractivity contribution in [1.82, 2.24) is 10.2 Å². The smallest absolute Gasteiger partial charge is 0.291 e. The standard InChI is InChI=1S/C12H14N4O5S2/c1-7(17)13-11-14-15-12(22-11)23(18,19)16-8-4-5-9(20-2)10(6-8)21-3/h4-6,16H,1-3H3,(H,13,14,17). The maximum absolute atomic E-state index is 12.3. The summed E-state index contributed by atoms with van der Waals surface area (Å²) in [5, 5.41) is 9.63. The fraction of sp³-hybridized carbons (Fsp3) is 0.250. The summed E-state index contributed by atoms with van der Waals surface area (Å²) in [6, 6.07) is 4.57. The van der Waals surface area contributed by atoms with Crippen molar-refractivity contribution in [2.75, 3.05) is 24.3 Å². The summed E-state index contributed by atoms with van der Waals surface area (Å²) in [5.74, 6) is 0.487. The van der Waals surface area contributed by atoms with E-state index < -0.39 is 10.0 Å². The van der Waals surface area contributed by atoms with Crippen LogP contribution in [0.4, 0.5) is 10.8 Å². The minimum absolute atomic E-state index is 0.102. The van der Waals surface area contributed by atoms with Crippen LogP contribution in [0.1, 0.15) is 6.92 Å². The van der Waals surface area contributed by atoms with E-state index in [1.54, 1.807) is 6.07 Å². The van der Waals surface area contributed by atoms with Crippen LogP contribution >= 0.6 is 11.3 Å². The van der Waals surface area contributed by atoms with Crippen molar-refractivity contribution in [2.24, 2.45) is 0 Å². The van der Waals surface area contributed by atoms with Crippen molar-refractivity contribution in [3.05, 3.63) is 18.2 Å². The molecular weight excluding hydrogens is 344 g/mol. The van der Waals surface area contributed by atoms with Crippen LogP contribution in [0.3, 0.4) is 0 Å². The number of hydrogen-bond acceptors (Lipinski definition) is 8. The van der Waals surface area contributed by atoms with Crippen LogP contribution in [-0.2, 0) is 14.8 Å². The van der Waals surface area contributed by atoms with E-state index in [-0.39, 0.29) is 21.1 Å². The van der Waals surface area contributed by atoms with Crippen molar-refractivity contribution in [3.63, 3.8) is 0 Å². The predicted octanol–water partition coefficient (Wildman–Crippen LogP) is 1.31. The van der Waals surface area contributed by atoms with Gasteiger partial charge in [-0.15, -0.1) is 10.2 Å². The van der Waals surface area contributed by atoms with Crippen molar-refractivity contribution in [3.8, 4) is 11.5 Å². The summed E-state index contributed by atoms with van der Waals surface area (Å²) < 4.78 is 36.8. The zero-order chi connectivity index (χ0) is 17.0. The Morgan fingerprint density at radius 3 is 2.48 bits per heavy atom. The first-order chi connectivity index (χ1) is 10.9. The average Bonchev–Trinajstić information content (AvgIpc) is 2.95. The number of anilines is 2. The molecule has 9 nitrogen and oxygen atoms in total. The van der Waals surface area contributed by atoms with Gasteiger partial charge in [-0.25, -0.2) is 0 Å². The van der Waals surface area contributed by atoms with E-state index in [0.29, 0.717) is 11.5 Å². The molecule has 0 saturated carbocycles. The van der Waals surface area contributed by atoms with Gasteiger partial charge in [0, 0.05) is 13.0 Å². The topological polar surface area (TPSA) is 120 Å². The molecule has 1 amide bonds. The van der Waals surface area contributed by atoms with Gasteiger partial charge in [-0.05, 0) is 12.1 Å². The van der Waals surface area contributed by atoms with Gasteiger partial charge in [0.05, 0.1) is 19.9 Å². The van der Waals surface area contributed by atoms with Gasteiger partial charge in [0.25, 0.3) is 14.4 Å². The van der Waals surface area contributed by atoms with Crippen LogP contribution in [0, 0.1) is 0 Å². The van der Waals surface area contributed by atoms with Crippen molar-refractivity contribution >= 4 is 38.1 Å². The monoisotopic (exact) mass is 358 g/mol. The maximum atomic E-state index is 12.3. The highest BCUT2D eigenvalue weighted by atomic mass is 32.2. The summed E-state index contributed by atoms with van der Waals surface area (Å²) in [5.41, 5.74) is 0.277. The molecule has 0 fully saturated rings. The van der Waals surface area contributed by atoms with Crippen LogP contribution < -0.4 is 19.5 Å². The van der Waals surface area contributed by atoms with Crippen molar-refractivity contribution in [2.45, 2.75) is 11.3 Å². The Balaban J connectivity index is 2.24. The third-order valence-corrected chi connectivity index (χ3v) is 5.14. The number of ether oxygens (including phenoxy) is 2. The van der Waals surface area contributed by atoms with E-state index in [2.05, 4.69) is 20.2 Å². The molecule has 2 aromatic rings. The number of nitrogens with one attached hydrogen (secondary N) is 2. The molecule has 0 saturated heterocycles. The molecule has 0 spiro atoms. The number of carbonyl (C=O) groups excluding carboxylic acids is 1. The number of benzene rings is 1. The first kappa shape index (κ1) is 17.0. The van der Waals surface area contributed by atoms with Crippen LogP contribution in [0.25, 0.3) is 0 Å². The SMILES string of the molecule is COc1ccc(NS(=O)(=O)c2nnc(NC(C)=O)s2)cc1OC. The third kappa shape index (κ3) is 4.07. The fourth-order valence-corrected chi connectivity index (χ4v) is 3.61. The van der Waals surface area contributed by atoms with E-state index in [9.17, 15) is 13.2 Å². The van der Waals surface area contributed by atoms with Gasteiger partial charge in [0.15, 0.2) is 11.5 Å². The van der Waals surface area contributed by atoms with Crippen molar-refractivity contribution in [1.29, 1.82) is 0 Å². The van der Waals surface area contributed by atoms with Gasteiger partial charge >= 0.3 is 0 Å². The second-order valence-corrected chi connectivity index (χ2v) is 7.06. The van der Waals surface area contributed by atoms with Crippen LogP contribution in [0.15, 0.2) is 22.5 Å². The summed E-state index contributed by atoms with van der Waals surface area (Å²) in [4.78, 5) is 10.9. The van der Waals surface area contributed by atoms with Crippen LogP contribution in [0.2, 0.25) is 0 Å². The lowest BCUT2D eigenvalue weighted by atomic mass is 10.3. The molecule has 2 rings (SSSR count). The minimum Gasteiger partial charge on any atom is -0.493 e. The largest absolute Gasteiger partial charge is 0.493 e. The Kier molecular flexibility index (Phi) is 5.01. The lowest BCUT2D eigenvalue weighted by molar-refractivity contribution is -0.114. The van der Waals surface area contributed by atoms with E-state index in [4.69, 9.17) is 9.47 Å². The molecule has 11 heteroatoms. The molecular formula is C12H14N4O5S2. The first-order valence-corrected chi connectivity index (χ1v) is 8.51. The summed E-state index contributed by atoms with van der Waals surface area (Å²) in [6.07, 6.45) is 0. The Hall–Kier alpha value is -2.40. The Morgan fingerprint density at radius 2 is 1.87 bits per heavy atom. The molecule has 0 aliphatic carbocycles. The number of hydrogen-bond donors (Lipinski definition) is 2. The number of rotatable bonds is 6. The molecule has 1 heterocycles. The molecule has 23 heavy (non-hydrogen) atoms. The highest BCUT2D eigenvalue weighted by Crippen LogP contribution is 2.31. The van der Waals surface area contributed by atoms with Gasteiger partial charge in [0.2, 0.25) is 11.0 Å². The second kappa shape index (κ2) is 6.79. The van der Waals surface area contributed by atoms with Crippen molar-refractivity contribution < 1.29 is 22.7 Å². The lowest BCUT2D eigenvalue weighted by Gasteiger charge is -2.10. The highest BCUT2D eigenvalue weighted by molar-refractivity contribution is 7.94. The number of methoxy groups -OCH3 is 2. The fourth-order valence-electron chi connectivity index (χ4n) is 1.62. The van der Waals surface area contributed by atoms with E-state index in [1.807, 2.05) is 0 Å². The second-order valence-electron chi connectivity index (χ2n) is 4.23. The molecule has 0 bridgehead atoms. The zero-order valence-corrected chi connectivity index (χ0v) is 14.1. The van der Waals surface area contributed by atoms with Gasteiger partial charge < -0.3 is 14.8 Å². The summed E-state index contributed by atoms with van der Waals surface area (Å²) >= 11 is 0.744. The Labute approximate surface area is 136 Å². The maximum Gasteiger partial charge on any atom is 0.291 e. The van der Waals surface area contributed by atoms with E-state index in [1.165, 1.54) is 33.3 Å². The average molecular weight is 358 g/mol. The number of nitrogens with zero attached hydrogens (tertiary/aromatic N) is 2. The molecule has 0 unspecified atom stereocenters. The molecule has 1 aromatic heterocycles.